The van der Waals surface area contributed by atoms with Crippen molar-refractivity contribution in [2.45, 2.75) is 49.7 Å². The first-order valence-corrected chi connectivity index (χ1v) is 9.89. The quantitative estimate of drug-likeness (QED) is 0.608. The summed E-state index contributed by atoms with van der Waals surface area (Å²) < 4.78 is 38.9. The van der Waals surface area contributed by atoms with Crippen molar-refractivity contribution >= 4 is 17.3 Å². The summed E-state index contributed by atoms with van der Waals surface area (Å²) in [5, 5.41) is 19.7. The summed E-state index contributed by atoms with van der Waals surface area (Å²) in [5.74, 6) is -1.78. The molecule has 0 unspecified atom stereocenters. The van der Waals surface area contributed by atoms with E-state index in [1.807, 2.05) is 0 Å². The van der Waals surface area contributed by atoms with Gasteiger partial charge in [-0.15, -0.1) is 0 Å². The van der Waals surface area contributed by atoms with Gasteiger partial charge in [0.25, 0.3) is 0 Å². The van der Waals surface area contributed by atoms with Crippen LogP contribution in [0.3, 0.4) is 0 Å². The van der Waals surface area contributed by atoms with Crippen LogP contribution in [0.2, 0.25) is 0 Å². The Kier molecular flexibility index (Phi) is 4.72. The third-order valence-electron chi connectivity index (χ3n) is 6.80. The number of carboxylic acids is 1. The van der Waals surface area contributed by atoms with Crippen LogP contribution in [0.1, 0.15) is 48.0 Å². The zero-order valence-electron chi connectivity index (χ0n) is 15.8. The molecule has 1 saturated heterocycles. The number of hydrogen-bond donors (Lipinski definition) is 4. The zero-order valence-corrected chi connectivity index (χ0v) is 15.8. The van der Waals surface area contributed by atoms with E-state index < -0.39 is 18.1 Å². The average molecular weight is 397 g/mol. The second-order valence-electron chi connectivity index (χ2n) is 8.39. The van der Waals surface area contributed by atoms with Crippen molar-refractivity contribution in [3.63, 3.8) is 0 Å². The molecule has 8 heteroatoms. The molecule has 1 aromatic carbocycles. The lowest BCUT2D eigenvalue weighted by Gasteiger charge is -2.33. The number of rotatable bonds is 5. The van der Waals surface area contributed by atoms with Crippen LogP contribution >= 0.6 is 0 Å². The molecule has 1 aliphatic heterocycles. The first kappa shape index (κ1) is 19.4. The van der Waals surface area contributed by atoms with Crippen molar-refractivity contribution in [1.29, 1.82) is 0 Å². The molecular formula is C20H26F3N3O2. The minimum absolute atomic E-state index is 0.0866. The third kappa shape index (κ3) is 3.21. The first-order chi connectivity index (χ1) is 13.3. The number of benzene rings is 1. The van der Waals surface area contributed by atoms with Gasteiger partial charge in [-0.3, -0.25) is 0 Å². The minimum Gasteiger partial charge on any atom is -0.478 e. The van der Waals surface area contributed by atoms with Gasteiger partial charge in [0.05, 0.1) is 22.9 Å². The van der Waals surface area contributed by atoms with Crippen LogP contribution in [0.5, 0.6) is 0 Å². The number of anilines is 2. The second kappa shape index (κ2) is 6.83. The highest BCUT2D eigenvalue weighted by Gasteiger charge is 2.60. The molecule has 3 aliphatic rings. The fraction of sp³-hybridized carbons (Fsp3) is 0.650. The largest absolute Gasteiger partial charge is 0.478 e. The number of fused-ring (bicyclic) bond motifs is 1. The molecule has 28 heavy (non-hydrogen) atoms. The SMILES string of the molecule is CNc1ccc(C(=O)O)c([C@@]23CNC[C@H]2C3)c1NC1CCC(C(F)(F)F)CC1. The topological polar surface area (TPSA) is 73.4 Å². The number of nitrogens with one attached hydrogen (secondary N) is 3. The summed E-state index contributed by atoms with van der Waals surface area (Å²) in [7, 11) is 1.78. The molecule has 2 atom stereocenters. The van der Waals surface area contributed by atoms with Gasteiger partial charge in [0.15, 0.2) is 0 Å². The molecule has 4 N–H and O–H groups in total. The molecule has 0 aromatic heterocycles. The van der Waals surface area contributed by atoms with Gasteiger partial charge in [0.2, 0.25) is 0 Å². The molecule has 4 rings (SSSR count). The highest BCUT2D eigenvalue weighted by atomic mass is 19.4. The van der Waals surface area contributed by atoms with Crippen LogP contribution in [0.25, 0.3) is 0 Å². The third-order valence-corrected chi connectivity index (χ3v) is 6.80. The summed E-state index contributed by atoms with van der Waals surface area (Å²) in [4.78, 5) is 11.9. The Hall–Kier alpha value is -1.96. The molecule has 0 radical (unpaired) electrons. The van der Waals surface area contributed by atoms with Crippen LogP contribution in [-0.2, 0) is 5.41 Å². The molecule has 2 aliphatic carbocycles. The van der Waals surface area contributed by atoms with E-state index in [-0.39, 0.29) is 29.9 Å². The summed E-state index contributed by atoms with van der Waals surface area (Å²) in [6.07, 6.45) is -2.11. The standard InChI is InChI=1S/C20H26F3N3O2/c1-24-15-7-6-14(18(27)28)16(19-8-12(19)9-25-10-19)17(15)26-13-4-2-11(3-5-13)20(21,22)23/h6-7,11-13,24-26H,2-5,8-10H2,1H3,(H,27,28)/t11?,12-,13?,19+/m1/s1. The smallest absolute Gasteiger partial charge is 0.391 e. The van der Waals surface area contributed by atoms with Gasteiger partial charge in [0, 0.05) is 25.0 Å². The lowest BCUT2D eigenvalue weighted by atomic mass is 9.84. The van der Waals surface area contributed by atoms with Gasteiger partial charge >= 0.3 is 12.1 Å². The summed E-state index contributed by atoms with van der Waals surface area (Å²) in [6.45, 7) is 1.61. The van der Waals surface area contributed by atoms with E-state index in [9.17, 15) is 23.1 Å². The van der Waals surface area contributed by atoms with Crippen molar-refractivity contribution < 1.29 is 23.1 Å². The monoisotopic (exact) mass is 397 g/mol. The fourth-order valence-corrected chi connectivity index (χ4v) is 5.15. The van der Waals surface area contributed by atoms with E-state index >= 15 is 0 Å². The van der Waals surface area contributed by atoms with Crippen LogP contribution in [0.15, 0.2) is 12.1 Å². The van der Waals surface area contributed by atoms with Crippen molar-refractivity contribution in [1.82, 2.24) is 5.32 Å². The molecular weight excluding hydrogens is 371 g/mol. The Labute approximate surface area is 162 Å². The number of piperidine rings is 1. The number of carboxylic acid groups (broad SMARTS) is 1. The summed E-state index contributed by atoms with van der Waals surface area (Å²) in [6, 6.07) is 3.29. The van der Waals surface area contributed by atoms with Crippen molar-refractivity contribution in [2.24, 2.45) is 11.8 Å². The Bertz CT molecular complexity index is 775. The van der Waals surface area contributed by atoms with Crippen molar-refractivity contribution in [2.75, 3.05) is 30.8 Å². The van der Waals surface area contributed by atoms with E-state index in [0.29, 0.717) is 18.8 Å². The Morgan fingerprint density at radius 2 is 1.96 bits per heavy atom. The van der Waals surface area contributed by atoms with Gasteiger partial charge in [0.1, 0.15) is 0 Å². The highest BCUT2D eigenvalue weighted by molar-refractivity contribution is 5.95. The first-order valence-electron chi connectivity index (χ1n) is 9.89. The van der Waals surface area contributed by atoms with Crippen LogP contribution in [0, 0.1) is 11.8 Å². The Morgan fingerprint density at radius 1 is 1.25 bits per heavy atom. The van der Waals surface area contributed by atoms with E-state index in [4.69, 9.17) is 0 Å². The number of alkyl halides is 3. The molecule has 154 valence electrons. The van der Waals surface area contributed by atoms with E-state index in [2.05, 4.69) is 16.0 Å². The van der Waals surface area contributed by atoms with Gasteiger partial charge in [-0.25, -0.2) is 4.79 Å². The van der Waals surface area contributed by atoms with Gasteiger partial charge in [-0.1, -0.05) is 0 Å². The molecule has 2 saturated carbocycles. The summed E-state index contributed by atoms with van der Waals surface area (Å²) >= 11 is 0. The fourth-order valence-electron chi connectivity index (χ4n) is 5.15. The maximum Gasteiger partial charge on any atom is 0.391 e. The second-order valence-corrected chi connectivity index (χ2v) is 8.39. The molecule has 5 nitrogen and oxygen atoms in total. The Morgan fingerprint density at radius 3 is 2.46 bits per heavy atom. The molecule has 0 bridgehead atoms. The van der Waals surface area contributed by atoms with Crippen LogP contribution in [0.4, 0.5) is 24.5 Å². The van der Waals surface area contributed by atoms with Crippen molar-refractivity contribution in [3.8, 4) is 0 Å². The minimum atomic E-state index is -4.13. The predicted octanol–water partition coefficient (Wildman–Crippen LogP) is 3.82. The molecule has 3 fully saturated rings. The van der Waals surface area contributed by atoms with Gasteiger partial charge in [-0.05, 0) is 62.3 Å². The predicted molar refractivity (Wildman–Crippen MR) is 101 cm³/mol. The number of aromatic carboxylic acids is 1. The van der Waals surface area contributed by atoms with E-state index in [1.165, 1.54) is 0 Å². The lowest BCUT2D eigenvalue weighted by molar-refractivity contribution is -0.182. The van der Waals surface area contributed by atoms with Crippen LogP contribution < -0.4 is 16.0 Å². The zero-order chi connectivity index (χ0) is 20.1. The van der Waals surface area contributed by atoms with Gasteiger partial charge in [-0.2, -0.15) is 13.2 Å². The maximum atomic E-state index is 13.0. The molecule has 0 amide bonds. The maximum absolute atomic E-state index is 13.0. The van der Waals surface area contributed by atoms with Crippen molar-refractivity contribution in [3.05, 3.63) is 23.3 Å². The number of carbonyl (C=O) groups is 1. The molecule has 0 spiro atoms. The number of halogens is 3. The average Bonchev–Trinajstić information content (AvgIpc) is 3.21. The Balaban J connectivity index is 1.65. The highest BCUT2D eigenvalue weighted by Crippen LogP contribution is 2.60. The lowest BCUT2D eigenvalue weighted by Crippen LogP contribution is -2.34. The van der Waals surface area contributed by atoms with Crippen LogP contribution in [-0.4, -0.2) is 43.4 Å². The normalized spacial score (nSPS) is 31.9. The number of hydrogen-bond acceptors (Lipinski definition) is 4. The van der Waals surface area contributed by atoms with E-state index in [1.54, 1.807) is 19.2 Å². The molecule has 1 aromatic rings. The summed E-state index contributed by atoms with van der Waals surface area (Å²) in [5.41, 5.74) is 2.46. The van der Waals surface area contributed by atoms with E-state index in [0.717, 1.165) is 36.4 Å². The molecule has 1 heterocycles. The van der Waals surface area contributed by atoms with Gasteiger partial charge < -0.3 is 21.1 Å².